The molecule has 0 atom stereocenters. The molecule has 4 rings (SSSR count). The molecule has 0 radical (unpaired) electrons. The zero-order chi connectivity index (χ0) is 17.2. The lowest BCUT2D eigenvalue weighted by molar-refractivity contribution is 0.102. The summed E-state index contributed by atoms with van der Waals surface area (Å²) in [5, 5.41) is 6.94. The highest BCUT2D eigenvalue weighted by Gasteiger charge is 2.29. The lowest BCUT2D eigenvalue weighted by atomic mass is 10.1. The summed E-state index contributed by atoms with van der Waals surface area (Å²) < 4.78 is 5.28. The van der Waals surface area contributed by atoms with E-state index in [2.05, 4.69) is 15.5 Å². The van der Waals surface area contributed by atoms with Crippen LogP contribution in [-0.2, 0) is 0 Å². The second kappa shape index (κ2) is 6.72. The number of hydrogen-bond donors (Lipinski definition) is 1. The predicted octanol–water partition coefficient (Wildman–Crippen LogP) is 4.59. The molecular weight excluding hydrogens is 334 g/mol. The summed E-state index contributed by atoms with van der Waals surface area (Å²) in [6.45, 7) is 0. The van der Waals surface area contributed by atoms with Gasteiger partial charge < -0.3 is 9.84 Å². The molecule has 1 N–H and O–H groups in total. The van der Waals surface area contributed by atoms with Crippen molar-refractivity contribution < 1.29 is 9.32 Å². The van der Waals surface area contributed by atoms with Crippen molar-refractivity contribution in [1.29, 1.82) is 0 Å². The van der Waals surface area contributed by atoms with E-state index < -0.39 is 0 Å². The summed E-state index contributed by atoms with van der Waals surface area (Å²) in [6.07, 6.45) is 4.25. The Bertz CT molecular complexity index is 901. The Labute approximate surface area is 149 Å². The molecule has 2 aromatic carbocycles. The molecule has 126 valence electrons. The fourth-order valence-corrected chi connectivity index (χ4v) is 2.98. The standard InChI is InChI=1S/C19H17N3O2S/c1-25-16-4-2-3-15(11-16)20-18(23)13-7-5-12(6-8-13)17-21-19(24-22-17)14-9-10-14/h2-8,11,14H,9-10H2,1H3,(H,20,23). The van der Waals surface area contributed by atoms with Crippen LogP contribution in [0.4, 0.5) is 5.69 Å². The summed E-state index contributed by atoms with van der Waals surface area (Å²) in [4.78, 5) is 17.9. The number of thioether (sulfide) groups is 1. The maximum Gasteiger partial charge on any atom is 0.255 e. The largest absolute Gasteiger partial charge is 0.339 e. The fraction of sp³-hybridized carbons (Fsp3) is 0.211. The first-order valence-electron chi connectivity index (χ1n) is 8.12. The van der Waals surface area contributed by atoms with Gasteiger partial charge in [0, 0.05) is 27.6 Å². The first-order valence-corrected chi connectivity index (χ1v) is 9.35. The molecular formula is C19H17N3O2S. The molecule has 0 saturated heterocycles. The smallest absolute Gasteiger partial charge is 0.255 e. The molecule has 0 spiro atoms. The Kier molecular flexibility index (Phi) is 4.28. The molecule has 1 aliphatic rings. The number of nitrogens with one attached hydrogen (secondary N) is 1. The average molecular weight is 351 g/mol. The van der Waals surface area contributed by atoms with E-state index in [1.54, 1.807) is 23.9 Å². The minimum Gasteiger partial charge on any atom is -0.339 e. The van der Waals surface area contributed by atoms with Crippen LogP contribution in [0.1, 0.15) is 35.0 Å². The molecule has 5 nitrogen and oxygen atoms in total. The van der Waals surface area contributed by atoms with E-state index in [4.69, 9.17) is 4.52 Å². The van der Waals surface area contributed by atoms with Gasteiger partial charge in [-0.25, -0.2) is 0 Å². The second-order valence-electron chi connectivity index (χ2n) is 5.99. The molecule has 3 aromatic rings. The topological polar surface area (TPSA) is 68.0 Å². The third-order valence-electron chi connectivity index (χ3n) is 4.10. The number of benzene rings is 2. The van der Waals surface area contributed by atoms with Crippen LogP contribution in [0.3, 0.4) is 0 Å². The Morgan fingerprint density at radius 1 is 1.20 bits per heavy atom. The third-order valence-corrected chi connectivity index (χ3v) is 4.83. The van der Waals surface area contributed by atoms with E-state index in [9.17, 15) is 4.79 Å². The Morgan fingerprint density at radius 2 is 2.00 bits per heavy atom. The molecule has 1 aliphatic carbocycles. The summed E-state index contributed by atoms with van der Waals surface area (Å²) in [7, 11) is 0. The van der Waals surface area contributed by atoms with Crippen molar-refractivity contribution in [3.8, 4) is 11.4 Å². The van der Waals surface area contributed by atoms with E-state index in [1.165, 1.54) is 0 Å². The minimum atomic E-state index is -0.142. The quantitative estimate of drug-likeness (QED) is 0.681. The van der Waals surface area contributed by atoms with Gasteiger partial charge in [-0.2, -0.15) is 4.98 Å². The first kappa shape index (κ1) is 15.9. The van der Waals surface area contributed by atoms with Crippen LogP contribution in [0, 0.1) is 0 Å². The zero-order valence-corrected chi connectivity index (χ0v) is 14.5. The second-order valence-corrected chi connectivity index (χ2v) is 6.87. The van der Waals surface area contributed by atoms with Crippen LogP contribution < -0.4 is 5.32 Å². The van der Waals surface area contributed by atoms with Crippen LogP contribution in [0.5, 0.6) is 0 Å². The lowest BCUT2D eigenvalue weighted by Crippen LogP contribution is -2.11. The van der Waals surface area contributed by atoms with Crippen molar-refractivity contribution in [2.45, 2.75) is 23.7 Å². The van der Waals surface area contributed by atoms with Crippen molar-refractivity contribution in [2.24, 2.45) is 0 Å². The van der Waals surface area contributed by atoms with E-state index in [0.717, 1.165) is 29.0 Å². The van der Waals surface area contributed by atoms with E-state index in [-0.39, 0.29) is 5.91 Å². The molecule has 6 heteroatoms. The summed E-state index contributed by atoms with van der Waals surface area (Å²) >= 11 is 1.64. The maximum absolute atomic E-state index is 12.4. The van der Waals surface area contributed by atoms with Crippen molar-refractivity contribution in [2.75, 3.05) is 11.6 Å². The molecule has 1 fully saturated rings. The van der Waals surface area contributed by atoms with E-state index in [1.807, 2.05) is 42.7 Å². The third kappa shape index (κ3) is 3.58. The van der Waals surface area contributed by atoms with Crippen molar-refractivity contribution in [1.82, 2.24) is 10.1 Å². The molecule has 1 saturated carbocycles. The predicted molar refractivity (Wildman–Crippen MR) is 97.9 cm³/mol. The van der Waals surface area contributed by atoms with Gasteiger partial charge in [-0.05, 0) is 49.4 Å². The van der Waals surface area contributed by atoms with Crippen LogP contribution in [0.25, 0.3) is 11.4 Å². The molecule has 0 unspecified atom stereocenters. The molecule has 0 bridgehead atoms. The number of carbonyl (C=O) groups is 1. The highest BCUT2D eigenvalue weighted by molar-refractivity contribution is 7.98. The van der Waals surface area contributed by atoms with Crippen LogP contribution in [0.15, 0.2) is 57.9 Å². The van der Waals surface area contributed by atoms with Gasteiger partial charge in [-0.3, -0.25) is 4.79 Å². The van der Waals surface area contributed by atoms with E-state index >= 15 is 0 Å². The van der Waals surface area contributed by atoms with Crippen LogP contribution in [0.2, 0.25) is 0 Å². The van der Waals surface area contributed by atoms with Gasteiger partial charge in [0.25, 0.3) is 5.91 Å². The molecule has 25 heavy (non-hydrogen) atoms. The number of anilines is 1. The Balaban J connectivity index is 1.47. The highest BCUT2D eigenvalue weighted by Crippen LogP contribution is 2.39. The zero-order valence-electron chi connectivity index (χ0n) is 13.7. The van der Waals surface area contributed by atoms with Gasteiger partial charge in [0.2, 0.25) is 11.7 Å². The number of hydrogen-bond acceptors (Lipinski definition) is 5. The van der Waals surface area contributed by atoms with Crippen molar-refractivity contribution in [3.63, 3.8) is 0 Å². The van der Waals surface area contributed by atoms with Gasteiger partial charge in [0.15, 0.2) is 0 Å². The minimum absolute atomic E-state index is 0.142. The van der Waals surface area contributed by atoms with E-state index in [0.29, 0.717) is 23.2 Å². The van der Waals surface area contributed by atoms with Gasteiger partial charge in [-0.1, -0.05) is 23.4 Å². The monoisotopic (exact) mass is 351 g/mol. The van der Waals surface area contributed by atoms with Gasteiger partial charge in [-0.15, -0.1) is 11.8 Å². The maximum atomic E-state index is 12.4. The van der Waals surface area contributed by atoms with Crippen LogP contribution >= 0.6 is 11.8 Å². The summed E-state index contributed by atoms with van der Waals surface area (Å²) in [5.74, 6) is 1.58. The summed E-state index contributed by atoms with van der Waals surface area (Å²) in [6, 6.07) is 15.0. The number of amides is 1. The summed E-state index contributed by atoms with van der Waals surface area (Å²) in [5.41, 5.74) is 2.22. The normalized spacial score (nSPS) is 13.6. The van der Waals surface area contributed by atoms with Gasteiger partial charge in [0.1, 0.15) is 0 Å². The molecule has 1 heterocycles. The van der Waals surface area contributed by atoms with Crippen molar-refractivity contribution in [3.05, 3.63) is 60.0 Å². The van der Waals surface area contributed by atoms with Gasteiger partial charge in [0.05, 0.1) is 0 Å². The first-order chi connectivity index (χ1) is 12.2. The molecule has 0 aliphatic heterocycles. The average Bonchev–Trinajstić information content (AvgIpc) is 3.39. The number of carbonyl (C=O) groups excluding carboxylic acids is 1. The molecule has 1 amide bonds. The van der Waals surface area contributed by atoms with Gasteiger partial charge >= 0.3 is 0 Å². The Hall–Kier alpha value is -2.60. The number of nitrogens with zero attached hydrogens (tertiary/aromatic N) is 2. The van der Waals surface area contributed by atoms with Crippen LogP contribution in [-0.4, -0.2) is 22.3 Å². The fourth-order valence-electron chi connectivity index (χ4n) is 2.52. The SMILES string of the molecule is CSc1cccc(NC(=O)c2ccc(-c3noc(C4CC4)n3)cc2)c1. The van der Waals surface area contributed by atoms with Crippen molar-refractivity contribution >= 4 is 23.4 Å². The Morgan fingerprint density at radius 3 is 2.72 bits per heavy atom. The lowest BCUT2D eigenvalue weighted by Gasteiger charge is -2.07. The number of aromatic nitrogens is 2. The number of rotatable bonds is 5. The molecule has 1 aromatic heterocycles. The highest BCUT2D eigenvalue weighted by atomic mass is 32.2.